The standard InChI is InChI=1S/C31H44ClFN6O2.C2H6/c1-6-9-20(28(40)36-19-26(34)38-35)10-8-11-25(7-2)39-29(41)27(21-16-23(32)18-24(33)17-21)37-31(39)14-12-22(13-15-31)30(3,4)5;1-2/h8-10,16-18,22,25H,6-7,11-15,19,35H2,1-5H3,(H2,34,38)(H,36,40);1-2H3/b10-8-,20-9+;. The number of amidine groups is 1. The van der Waals surface area contributed by atoms with Crippen molar-refractivity contribution < 1.29 is 14.0 Å². The van der Waals surface area contributed by atoms with Crippen molar-refractivity contribution in [3.8, 4) is 0 Å². The number of allylic oxidation sites excluding steroid dienone is 1. The van der Waals surface area contributed by atoms with Gasteiger partial charge in [0.15, 0.2) is 0 Å². The van der Waals surface area contributed by atoms with E-state index in [0.29, 0.717) is 36.3 Å². The quantitative estimate of drug-likeness (QED) is 0.0694. The largest absolute Gasteiger partial charge is 0.384 e. The molecule has 5 N–H and O–H groups in total. The molecule has 0 radical (unpaired) electrons. The van der Waals surface area contributed by atoms with Crippen molar-refractivity contribution in [2.24, 2.45) is 33.0 Å². The molecule has 1 unspecified atom stereocenters. The average molecular weight is 617 g/mol. The van der Waals surface area contributed by atoms with Crippen molar-refractivity contribution in [3.05, 3.63) is 58.4 Å². The molecule has 1 spiro atoms. The second kappa shape index (κ2) is 16.0. The van der Waals surface area contributed by atoms with E-state index in [9.17, 15) is 14.0 Å². The van der Waals surface area contributed by atoms with Gasteiger partial charge in [0, 0.05) is 22.2 Å². The number of aliphatic imine (C=N–C) groups is 1. The fourth-order valence-corrected chi connectivity index (χ4v) is 6.10. The first-order valence-electron chi connectivity index (χ1n) is 15.4. The van der Waals surface area contributed by atoms with E-state index in [1.807, 2.05) is 44.7 Å². The number of nitrogens with zero attached hydrogens (tertiary/aromatic N) is 3. The molecule has 3 rings (SSSR count). The molecule has 1 aromatic carbocycles. The van der Waals surface area contributed by atoms with Crippen LogP contribution in [0, 0.1) is 17.2 Å². The van der Waals surface area contributed by atoms with Crippen molar-refractivity contribution >= 4 is 35.0 Å². The van der Waals surface area contributed by atoms with Crippen LogP contribution < -0.4 is 16.9 Å². The van der Waals surface area contributed by atoms with E-state index < -0.39 is 11.5 Å². The first kappa shape index (κ1) is 36.0. The van der Waals surface area contributed by atoms with Gasteiger partial charge in [-0.15, -0.1) is 0 Å². The normalized spacial score (nSPS) is 22.0. The Morgan fingerprint density at radius 3 is 2.44 bits per heavy atom. The molecule has 1 saturated carbocycles. The predicted octanol–water partition coefficient (Wildman–Crippen LogP) is 6.48. The predicted molar refractivity (Wildman–Crippen MR) is 175 cm³/mol. The Labute approximate surface area is 261 Å². The maximum atomic E-state index is 14.3. The first-order chi connectivity index (χ1) is 20.3. The summed E-state index contributed by atoms with van der Waals surface area (Å²) in [5, 5.41) is 6.31. The van der Waals surface area contributed by atoms with Crippen LogP contribution in [-0.4, -0.2) is 46.5 Å². The smallest absolute Gasteiger partial charge is 0.274 e. The zero-order valence-electron chi connectivity index (χ0n) is 26.8. The van der Waals surface area contributed by atoms with Gasteiger partial charge in [0.25, 0.3) is 11.8 Å². The van der Waals surface area contributed by atoms with Crippen molar-refractivity contribution in [2.75, 3.05) is 6.54 Å². The summed E-state index contributed by atoms with van der Waals surface area (Å²) in [6.07, 6.45) is 10.8. The summed E-state index contributed by atoms with van der Waals surface area (Å²) in [4.78, 5) is 33.8. The number of carbonyl (C=O) groups is 2. The van der Waals surface area contributed by atoms with Gasteiger partial charge in [-0.05, 0) is 74.5 Å². The monoisotopic (exact) mass is 616 g/mol. The highest BCUT2D eigenvalue weighted by Gasteiger charge is 2.52. The third kappa shape index (κ3) is 9.15. The molecule has 0 saturated heterocycles. The molecule has 1 aliphatic heterocycles. The lowest BCUT2D eigenvalue weighted by atomic mass is 9.69. The molecular formula is C33H50ClFN6O2. The van der Waals surface area contributed by atoms with E-state index in [1.165, 1.54) is 12.1 Å². The van der Waals surface area contributed by atoms with Crippen molar-refractivity contribution in [3.63, 3.8) is 0 Å². The first-order valence-corrected chi connectivity index (χ1v) is 15.8. The van der Waals surface area contributed by atoms with Gasteiger partial charge in [-0.3, -0.25) is 14.6 Å². The van der Waals surface area contributed by atoms with Gasteiger partial charge in [0.1, 0.15) is 23.0 Å². The van der Waals surface area contributed by atoms with Gasteiger partial charge in [-0.25, -0.2) is 4.39 Å². The number of hydrogen-bond donors (Lipinski definition) is 3. The van der Waals surface area contributed by atoms with Crippen LogP contribution in [0.5, 0.6) is 0 Å². The van der Waals surface area contributed by atoms with E-state index in [0.717, 1.165) is 25.7 Å². The lowest BCUT2D eigenvalue weighted by Gasteiger charge is -2.47. The number of hydrazone groups is 1. The van der Waals surface area contributed by atoms with Crippen LogP contribution in [0.15, 0.2) is 52.1 Å². The van der Waals surface area contributed by atoms with Crippen molar-refractivity contribution in [1.29, 1.82) is 0 Å². The molecule has 0 aromatic heterocycles. The fourth-order valence-electron chi connectivity index (χ4n) is 5.88. The Balaban J connectivity index is 0.00000316. The van der Waals surface area contributed by atoms with E-state index in [4.69, 9.17) is 28.2 Å². The molecule has 238 valence electrons. The van der Waals surface area contributed by atoms with E-state index in [1.54, 1.807) is 12.1 Å². The van der Waals surface area contributed by atoms with Gasteiger partial charge in [-0.1, -0.05) is 78.3 Å². The van der Waals surface area contributed by atoms with E-state index in [-0.39, 0.29) is 46.4 Å². The fraction of sp³-hybridized carbons (Fsp3) is 0.576. The highest BCUT2D eigenvalue weighted by Crippen LogP contribution is 2.48. The molecule has 1 fully saturated rings. The van der Waals surface area contributed by atoms with E-state index >= 15 is 0 Å². The van der Waals surface area contributed by atoms with Gasteiger partial charge < -0.3 is 21.8 Å². The Kier molecular flexibility index (Phi) is 13.4. The number of nitrogens with two attached hydrogens (primary N) is 2. The molecule has 2 amide bonds. The molecule has 10 heteroatoms. The highest BCUT2D eigenvalue weighted by atomic mass is 35.5. The second-order valence-electron chi connectivity index (χ2n) is 12.0. The van der Waals surface area contributed by atoms with Crippen LogP contribution in [0.2, 0.25) is 5.02 Å². The number of amides is 2. The molecular weight excluding hydrogens is 567 g/mol. The topological polar surface area (TPSA) is 126 Å². The lowest BCUT2D eigenvalue weighted by Crippen LogP contribution is -2.54. The minimum atomic E-state index is -0.694. The van der Waals surface area contributed by atoms with Crippen LogP contribution >= 0.6 is 11.6 Å². The van der Waals surface area contributed by atoms with Crippen LogP contribution in [0.3, 0.4) is 0 Å². The Bertz CT molecular complexity index is 1220. The molecule has 2 aliphatic rings. The lowest BCUT2D eigenvalue weighted by molar-refractivity contribution is -0.133. The third-order valence-electron chi connectivity index (χ3n) is 8.16. The van der Waals surface area contributed by atoms with Gasteiger partial charge in [0.2, 0.25) is 0 Å². The maximum Gasteiger partial charge on any atom is 0.274 e. The van der Waals surface area contributed by atoms with Crippen LogP contribution in [0.4, 0.5) is 4.39 Å². The number of nitrogens with one attached hydrogen (secondary N) is 1. The molecule has 1 aliphatic carbocycles. The number of hydrogen-bond acceptors (Lipinski definition) is 5. The highest BCUT2D eigenvalue weighted by molar-refractivity contribution is 6.47. The summed E-state index contributed by atoms with van der Waals surface area (Å²) in [5.41, 5.74) is 6.22. The van der Waals surface area contributed by atoms with Crippen LogP contribution in [0.25, 0.3) is 0 Å². The summed E-state index contributed by atoms with van der Waals surface area (Å²) in [7, 11) is 0. The number of carbonyl (C=O) groups excluding carboxylic acids is 2. The van der Waals surface area contributed by atoms with Crippen molar-refractivity contribution in [2.45, 2.75) is 105 Å². The number of benzene rings is 1. The Morgan fingerprint density at radius 1 is 1.26 bits per heavy atom. The third-order valence-corrected chi connectivity index (χ3v) is 8.38. The molecule has 0 bridgehead atoms. The summed E-state index contributed by atoms with van der Waals surface area (Å²) in [6.45, 7) is 14.8. The Morgan fingerprint density at radius 2 is 1.91 bits per heavy atom. The van der Waals surface area contributed by atoms with Crippen molar-refractivity contribution in [1.82, 2.24) is 10.2 Å². The SMILES string of the molecule is CC.CC/C=C(\C=C/CC(CC)N1C(=O)C(c2cc(F)cc(Cl)c2)=NC12CCC(C(C)(C)C)CC2)C(=O)NC/C(N)=N/N. The number of halogens is 2. The van der Waals surface area contributed by atoms with Crippen LogP contribution in [-0.2, 0) is 9.59 Å². The maximum absolute atomic E-state index is 14.3. The van der Waals surface area contributed by atoms with Gasteiger partial charge >= 0.3 is 0 Å². The minimum absolute atomic E-state index is 0.0480. The molecule has 1 heterocycles. The van der Waals surface area contributed by atoms with Crippen LogP contribution in [0.1, 0.15) is 99.0 Å². The summed E-state index contributed by atoms with van der Waals surface area (Å²) in [6, 6.07) is 3.98. The molecule has 8 nitrogen and oxygen atoms in total. The summed E-state index contributed by atoms with van der Waals surface area (Å²) in [5.74, 6) is 4.80. The van der Waals surface area contributed by atoms with Gasteiger partial charge in [-0.2, -0.15) is 5.10 Å². The summed E-state index contributed by atoms with van der Waals surface area (Å²) >= 11 is 6.16. The van der Waals surface area contributed by atoms with Gasteiger partial charge in [0.05, 0.1) is 6.54 Å². The zero-order valence-corrected chi connectivity index (χ0v) is 27.6. The second-order valence-corrected chi connectivity index (χ2v) is 12.4. The molecule has 1 atom stereocenters. The summed E-state index contributed by atoms with van der Waals surface area (Å²) < 4.78 is 14.3. The average Bonchev–Trinajstić information content (AvgIpc) is 3.24. The molecule has 1 aromatic rings. The molecule has 43 heavy (non-hydrogen) atoms. The minimum Gasteiger partial charge on any atom is -0.384 e. The Hall–Kier alpha value is -3.20. The zero-order chi connectivity index (χ0) is 32.4. The van der Waals surface area contributed by atoms with E-state index in [2.05, 4.69) is 31.2 Å². The number of rotatable bonds is 10.